The van der Waals surface area contributed by atoms with Crippen LogP contribution in [0.5, 0.6) is 0 Å². The molecule has 0 aliphatic carbocycles. The number of benzene rings is 4. The Hall–Kier alpha value is -3.43. The van der Waals surface area contributed by atoms with E-state index >= 15 is 0 Å². The van der Waals surface area contributed by atoms with Gasteiger partial charge >= 0.3 is 0 Å². The lowest BCUT2D eigenvalue weighted by atomic mass is 9.92. The monoisotopic (exact) mass is 533 g/mol. The number of fused-ring (bicyclic) bond motifs is 1. The topological polar surface area (TPSA) is 17.8 Å². The summed E-state index contributed by atoms with van der Waals surface area (Å²) in [6.45, 7) is -10.5. The van der Waals surface area contributed by atoms with Gasteiger partial charge in [0.05, 0.1) is 24.8 Å². The first-order chi connectivity index (χ1) is 24.9. The maximum Gasteiger partial charge on any atom is 0.145 e. The Labute approximate surface area is 253 Å². The van der Waals surface area contributed by atoms with Crippen molar-refractivity contribution in [2.75, 3.05) is 0 Å². The van der Waals surface area contributed by atoms with Crippen molar-refractivity contribution >= 4 is 24.3 Å². The van der Waals surface area contributed by atoms with E-state index in [-0.39, 0.29) is 33.5 Å². The highest BCUT2D eigenvalue weighted by atomic mass is 28.3. The molecule has 2 nitrogen and oxygen atoms in total. The molecule has 0 saturated carbocycles. The second kappa shape index (κ2) is 10.0. The molecule has 0 fully saturated rings. The number of aromatic nitrogens is 2. The summed E-state index contributed by atoms with van der Waals surface area (Å²) in [5.74, 6) is -7.08. The van der Waals surface area contributed by atoms with Gasteiger partial charge in [-0.2, -0.15) is 0 Å². The van der Waals surface area contributed by atoms with Gasteiger partial charge in [0, 0.05) is 28.9 Å². The zero-order chi connectivity index (χ0) is 41.5. The molecule has 3 heteroatoms. The molecule has 0 N–H and O–H groups in total. The van der Waals surface area contributed by atoms with Gasteiger partial charge in [0.2, 0.25) is 0 Å². The van der Waals surface area contributed by atoms with Crippen LogP contribution in [-0.4, -0.2) is 17.6 Å². The minimum Gasteiger partial charge on any atom is -0.292 e. The summed E-state index contributed by atoms with van der Waals surface area (Å²) in [6, 6.07) is 21.1. The quantitative estimate of drug-likeness (QED) is 0.199. The van der Waals surface area contributed by atoms with Gasteiger partial charge < -0.3 is 0 Å². The molecule has 5 rings (SSSR count). The number of hydrogen-bond acceptors (Lipinski definition) is 1. The first-order valence-electron chi connectivity index (χ1n) is 20.7. The maximum atomic E-state index is 9.25. The predicted octanol–water partition coefficient (Wildman–Crippen LogP) is 9.46. The Morgan fingerprint density at radius 1 is 0.763 bits per heavy atom. The minimum absolute atomic E-state index is 0.00860. The molecule has 0 amide bonds. The van der Waals surface area contributed by atoms with Crippen LogP contribution in [0.25, 0.3) is 39.2 Å². The lowest BCUT2D eigenvalue weighted by molar-refractivity contribution is 0.811. The molecule has 0 radical (unpaired) electrons. The largest absolute Gasteiger partial charge is 0.292 e. The number of nitrogens with zero attached hydrogens (tertiary/aromatic N) is 2. The van der Waals surface area contributed by atoms with Gasteiger partial charge in [0.15, 0.2) is 0 Å². The van der Waals surface area contributed by atoms with E-state index in [0.29, 0.717) is 5.56 Å². The lowest BCUT2D eigenvalue weighted by Crippen LogP contribution is -2.37. The Balaban J connectivity index is 2.02. The van der Waals surface area contributed by atoms with Crippen LogP contribution in [0.3, 0.4) is 0 Å². The van der Waals surface area contributed by atoms with Crippen LogP contribution in [0.15, 0.2) is 84.9 Å². The number of rotatable bonds is 6. The molecular weight excluding hydrogens is 476 g/mol. The molecule has 0 aliphatic heterocycles. The molecule has 194 valence electrons. The molecule has 5 aromatic rings. The smallest absolute Gasteiger partial charge is 0.145 e. The highest BCUT2D eigenvalue weighted by molar-refractivity contribution is 6.88. The fourth-order valence-corrected chi connectivity index (χ4v) is 5.87. The fraction of sp³-hybridized carbons (Fsp3) is 0.286. The minimum atomic E-state index is -3.61. The first-order valence-corrected chi connectivity index (χ1v) is 15.7. The molecule has 0 aliphatic rings. The first kappa shape index (κ1) is 12.6. The molecule has 0 bridgehead atoms. The molecule has 4 aromatic carbocycles. The third-order valence-electron chi connectivity index (χ3n) is 6.70. The molecule has 1 aromatic heterocycles. The Morgan fingerprint density at radius 2 is 1.42 bits per heavy atom. The average molecular weight is 534 g/mol. The normalized spacial score (nSPS) is 21.0. The zero-order valence-corrected chi connectivity index (χ0v) is 22.5. The molecule has 0 atom stereocenters. The van der Waals surface area contributed by atoms with Gasteiger partial charge in [-0.05, 0) is 64.7 Å². The van der Waals surface area contributed by atoms with Crippen molar-refractivity contribution in [1.29, 1.82) is 0 Å². The average Bonchev–Trinajstić information content (AvgIpc) is 3.43. The van der Waals surface area contributed by atoms with E-state index in [1.807, 2.05) is 12.1 Å². The second-order valence-electron chi connectivity index (χ2n) is 10.3. The van der Waals surface area contributed by atoms with Crippen molar-refractivity contribution in [1.82, 2.24) is 9.55 Å². The van der Waals surface area contributed by atoms with E-state index in [9.17, 15) is 2.74 Å². The molecule has 1 heterocycles. The number of imidazole rings is 1. The third kappa shape index (κ3) is 4.76. The van der Waals surface area contributed by atoms with Crippen molar-refractivity contribution in [2.24, 2.45) is 0 Å². The van der Waals surface area contributed by atoms with Crippen molar-refractivity contribution < 1.29 is 23.3 Å². The number of hydrogen-bond donors (Lipinski definition) is 0. The van der Waals surface area contributed by atoms with Crippen molar-refractivity contribution in [3.05, 3.63) is 102 Å². The van der Waals surface area contributed by atoms with E-state index < -0.39 is 70.9 Å². The summed E-state index contributed by atoms with van der Waals surface area (Å²) >= 11 is 0. The molecular formula is C35H40N2Si. The summed E-state index contributed by atoms with van der Waals surface area (Å²) in [7, 11) is -1.75. The third-order valence-corrected chi connectivity index (χ3v) is 8.76. The van der Waals surface area contributed by atoms with Gasteiger partial charge in [0.25, 0.3) is 0 Å². The second-order valence-corrected chi connectivity index (χ2v) is 15.4. The van der Waals surface area contributed by atoms with Gasteiger partial charge in [-0.15, -0.1) is 0 Å². The number of aryl methyl sites for hydroxylation is 1. The lowest BCUT2D eigenvalue weighted by Gasteiger charge is -2.23. The van der Waals surface area contributed by atoms with Crippen LogP contribution < -0.4 is 5.19 Å². The van der Waals surface area contributed by atoms with Gasteiger partial charge in [-0.3, -0.25) is 4.57 Å². The van der Waals surface area contributed by atoms with E-state index in [0.717, 1.165) is 23.4 Å². The van der Waals surface area contributed by atoms with E-state index in [1.165, 1.54) is 28.8 Å². The van der Waals surface area contributed by atoms with Gasteiger partial charge in [-0.1, -0.05) is 119 Å². The Bertz CT molecular complexity index is 2130. The van der Waals surface area contributed by atoms with Crippen LogP contribution >= 0.6 is 0 Å². The fourth-order valence-electron chi connectivity index (χ4n) is 4.71. The van der Waals surface area contributed by atoms with Crippen LogP contribution in [0, 0.1) is 6.85 Å². The molecule has 0 unspecified atom stereocenters. The predicted molar refractivity (Wildman–Crippen MR) is 168 cm³/mol. The molecule has 0 saturated heterocycles. The zero-order valence-electron chi connectivity index (χ0n) is 38.5. The van der Waals surface area contributed by atoms with Crippen molar-refractivity contribution in [2.45, 2.75) is 65.7 Å². The summed E-state index contributed by atoms with van der Waals surface area (Å²) < 4.78 is 145. The highest BCUT2D eigenvalue weighted by Crippen LogP contribution is 2.38. The van der Waals surface area contributed by atoms with E-state index in [4.69, 9.17) is 25.5 Å². The summed E-state index contributed by atoms with van der Waals surface area (Å²) in [6.07, 6.45) is 0. The van der Waals surface area contributed by atoms with Crippen LogP contribution in [0.1, 0.15) is 79.2 Å². The van der Waals surface area contributed by atoms with E-state index in [2.05, 4.69) is 19.6 Å². The van der Waals surface area contributed by atoms with Crippen LogP contribution in [0.2, 0.25) is 19.6 Å². The van der Waals surface area contributed by atoms with Crippen molar-refractivity contribution in [3.63, 3.8) is 0 Å². The standard InChI is InChI=1S/C35H40N2Si/c1-23(2)29-12-11-13-30(24(3)4)34(29)37-33-15-10-9-14-32(33)36-35(37)27-17-16-25(5)31(22-27)26-18-20-28(21-19-26)38(6,7)8/h9-24H,1-8H3/i1D3,2D3,3D3,4D3,5D3,23D,24D. The Morgan fingerprint density at radius 3 is 2.05 bits per heavy atom. The Kier molecular flexibility index (Phi) is 3.33. The summed E-state index contributed by atoms with van der Waals surface area (Å²) in [4.78, 5) is 4.77. The number of para-hydroxylation sites is 3. The highest BCUT2D eigenvalue weighted by Gasteiger charge is 2.22. The van der Waals surface area contributed by atoms with Crippen LogP contribution in [0.4, 0.5) is 0 Å². The summed E-state index contributed by atoms with van der Waals surface area (Å²) in [5, 5.41) is 1.12. The van der Waals surface area contributed by atoms with Crippen LogP contribution in [-0.2, 0) is 0 Å². The molecule has 38 heavy (non-hydrogen) atoms. The summed E-state index contributed by atoms with van der Waals surface area (Å²) in [5.41, 5.74) is -0.857. The van der Waals surface area contributed by atoms with Gasteiger partial charge in [-0.25, -0.2) is 4.98 Å². The van der Waals surface area contributed by atoms with E-state index in [1.54, 1.807) is 30.3 Å². The SMILES string of the molecule is [2H]C([2H])([2H])c1ccc(-c2nc3ccccc3n2-c2c(C([2H])(C([2H])([2H])[2H])C([2H])([2H])[2H])cccc2C([2H])(C([2H])([2H])[2H])C([2H])([2H])[2H])cc1-c1ccc([Si](C)(C)C)cc1. The maximum absolute atomic E-state index is 9.25. The van der Waals surface area contributed by atoms with Gasteiger partial charge in [0.1, 0.15) is 5.82 Å². The molecule has 0 spiro atoms. The van der Waals surface area contributed by atoms with Crippen molar-refractivity contribution in [3.8, 4) is 28.2 Å².